The SMILES string of the molecule is O=C(NCCCc1ccco1)c1ccc(C2CCCO2)s1. The molecule has 2 aromatic rings. The molecular weight excluding hydrogens is 286 g/mol. The minimum absolute atomic E-state index is 0.00342. The first-order valence-corrected chi connectivity index (χ1v) is 8.16. The van der Waals surface area contributed by atoms with Crippen molar-refractivity contribution in [2.75, 3.05) is 13.2 Å². The van der Waals surface area contributed by atoms with Gasteiger partial charge < -0.3 is 14.5 Å². The molecule has 3 rings (SSSR count). The van der Waals surface area contributed by atoms with Crippen molar-refractivity contribution >= 4 is 17.2 Å². The summed E-state index contributed by atoms with van der Waals surface area (Å²) < 4.78 is 10.9. The quantitative estimate of drug-likeness (QED) is 0.830. The van der Waals surface area contributed by atoms with E-state index in [-0.39, 0.29) is 12.0 Å². The fourth-order valence-electron chi connectivity index (χ4n) is 2.46. The number of rotatable bonds is 6. The predicted molar refractivity (Wildman–Crippen MR) is 81.6 cm³/mol. The number of thiophene rings is 1. The Labute approximate surface area is 128 Å². The molecule has 1 aliphatic heterocycles. The summed E-state index contributed by atoms with van der Waals surface area (Å²) in [4.78, 5) is 14.0. The van der Waals surface area contributed by atoms with Crippen LogP contribution in [0.4, 0.5) is 0 Å². The summed E-state index contributed by atoms with van der Waals surface area (Å²) in [6, 6.07) is 7.74. The Hall–Kier alpha value is -1.59. The lowest BCUT2D eigenvalue weighted by Gasteiger charge is -2.05. The van der Waals surface area contributed by atoms with Crippen LogP contribution in [0.1, 0.15) is 45.7 Å². The van der Waals surface area contributed by atoms with Crippen LogP contribution >= 0.6 is 11.3 Å². The van der Waals surface area contributed by atoms with Gasteiger partial charge in [0.2, 0.25) is 0 Å². The Kier molecular flexibility index (Phi) is 4.72. The lowest BCUT2D eigenvalue weighted by Crippen LogP contribution is -2.23. The first-order valence-electron chi connectivity index (χ1n) is 7.35. The molecule has 4 nitrogen and oxygen atoms in total. The molecule has 1 atom stereocenters. The van der Waals surface area contributed by atoms with Crippen molar-refractivity contribution in [3.63, 3.8) is 0 Å². The third kappa shape index (κ3) is 3.74. The summed E-state index contributed by atoms with van der Waals surface area (Å²) >= 11 is 1.54. The zero-order valence-corrected chi connectivity index (χ0v) is 12.7. The van der Waals surface area contributed by atoms with Gasteiger partial charge in [0.1, 0.15) is 5.76 Å². The van der Waals surface area contributed by atoms with E-state index in [0.29, 0.717) is 6.54 Å². The van der Waals surface area contributed by atoms with E-state index in [1.807, 2.05) is 24.3 Å². The van der Waals surface area contributed by atoms with Gasteiger partial charge in [-0.15, -0.1) is 11.3 Å². The summed E-state index contributed by atoms with van der Waals surface area (Å²) in [7, 11) is 0. The van der Waals surface area contributed by atoms with Crippen molar-refractivity contribution in [1.82, 2.24) is 5.32 Å². The average molecular weight is 305 g/mol. The number of ether oxygens (including phenoxy) is 1. The van der Waals surface area contributed by atoms with Crippen LogP contribution in [-0.2, 0) is 11.2 Å². The molecule has 112 valence electrons. The molecule has 1 unspecified atom stereocenters. The number of aryl methyl sites for hydroxylation is 1. The first kappa shape index (κ1) is 14.4. The number of hydrogen-bond acceptors (Lipinski definition) is 4. The summed E-state index contributed by atoms with van der Waals surface area (Å²) in [5, 5.41) is 2.95. The highest BCUT2D eigenvalue weighted by Crippen LogP contribution is 2.33. The molecule has 0 aliphatic carbocycles. The van der Waals surface area contributed by atoms with E-state index in [0.717, 1.165) is 47.8 Å². The topological polar surface area (TPSA) is 51.5 Å². The van der Waals surface area contributed by atoms with Gasteiger partial charge in [0, 0.05) is 24.4 Å². The van der Waals surface area contributed by atoms with Gasteiger partial charge in [-0.1, -0.05) is 0 Å². The van der Waals surface area contributed by atoms with E-state index in [4.69, 9.17) is 9.15 Å². The molecule has 5 heteroatoms. The van der Waals surface area contributed by atoms with Crippen molar-refractivity contribution in [2.45, 2.75) is 31.8 Å². The van der Waals surface area contributed by atoms with Crippen LogP contribution in [-0.4, -0.2) is 19.1 Å². The molecule has 0 saturated carbocycles. The summed E-state index contributed by atoms with van der Waals surface area (Å²) in [5.41, 5.74) is 0. The number of nitrogens with one attached hydrogen (secondary N) is 1. The van der Waals surface area contributed by atoms with Crippen LogP contribution < -0.4 is 5.32 Å². The van der Waals surface area contributed by atoms with Gasteiger partial charge in [0.15, 0.2) is 0 Å². The van der Waals surface area contributed by atoms with E-state index in [1.165, 1.54) is 11.3 Å². The molecule has 1 N–H and O–H groups in total. The molecule has 21 heavy (non-hydrogen) atoms. The summed E-state index contributed by atoms with van der Waals surface area (Å²) in [6.45, 7) is 1.49. The summed E-state index contributed by atoms with van der Waals surface area (Å²) in [5.74, 6) is 0.963. The molecular formula is C16H19NO3S. The molecule has 0 spiro atoms. The predicted octanol–water partition coefficient (Wildman–Crippen LogP) is 3.56. The molecule has 3 heterocycles. The fourth-order valence-corrected chi connectivity index (χ4v) is 3.46. The number of hydrogen-bond donors (Lipinski definition) is 1. The van der Waals surface area contributed by atoms with Crippen molar-refractivity contribution in [3.8, 4) is 0 Å². The Morgan fingerprint density at radius 1 is 1.38 bits per heavy atom. The molecule has 1 saturated heterocycles. The molecule has 0 bridgehead atoms. The van der Waals surface area contributed by atoms with Gasteiger partial charge in [-0.3, -0.25) is 4.79 Å². The number of carbonyl (C=O) groups excluding carboxylic acids is 1. The van der Waals surface area contributed by atoms with E-state index < -0.39 is 0 Å². The van der Waals surface area contributed by atoms with E-state index in [9.17, 15) is 4.79 Å². The third-order valence-electron chi connectivity index (χ3n) is 3.56. The second-order valence-electron chi connectivity index (χ2n) is 5.14. The van der Waals surface area contributed by atoms with Crippen LogP contribution in [0.3, 0.4) is 0 Å². The van der Waals surface area contributed by atoms with E-state index in [2.05, 4.69) is 5.32 Å². The van der Waals surface area contributed by atoms with Gasteiger partial charge in [-0.05, 0) is 43.5 Å². The smallest absolute Gasteiger partial charge is 0.261 e. The van der Waals surface area contributed by atoms with Gasteiger partial charge in [0.05, 0.1) is 17.2 Å². The maximum absolute atomic E-state index is 12.1. The number of amides is 1. The number of furan rings is 1. The first-order chi connectivity index (χ1) is 10.3. The van der Waals surface area contributed by atoms with Crippen molar-refractivity contribution < 1.29 is 13.9 Å². The third-order valence-corrected chi connectivity index (χ3v) is 4.74. The van der Waals surface area contributed by atoms with Gasteiger partial charge in [-0.2, -0.15) is 0 Å². The van der Waals surface area contributed by atoms with Crippen LogP contribution in [0.25, 0.3) is 0 Å². The fraction of sp³-hybridized carbons (Fsp3) is 0.438. The zero-order chi connectivity index (χ0) is 14.5. The Morgan fingerprint density at radius 2 is 2.33 bits per heavy atom. The van der Waals surface area contributed by atoms with Crippen LogP contribution in [0, 0.1) is 0 Å². The normalized spacial score (nSPS) is 18.0. The van der Waals surface area contributed by atoms with Crippen molar-refractivity contribution in [1.29, 1.82) is 0 Å². The highest BCUT2D eigenvalue weighted by molar-refractivity contribution is 7.14. The standard InChI is InChI=1S/C16H19NO3S/c18-16(17-9-1-4-12-5-2-10-19-12)15-8-7-14(21-15)13-6-3-11-20-13/h2,5,7-8,10,13H,1,3-4,6,9,11H2,(H,17,18). The monoisotopic (exact) mass is 305 g/mol. The summed E-state index contributed by atoms with van der Waals surface area (Å²) in [6.07, 6.45) is 5.76. The van der Waals surface area contributed by atoms with E-state index >= 15 is 0 Å². The van der Waals surface area contributed by atoms with Gasteiger partial charge >= 0.3 is 0 Å². The number of carbonyl (C=O) groups is 1. The van der Waals surface area contributed by atoms with Crippen LogP contribution in [0.2, 0.25) is 0 Å². The molecule has 2 aromatic heterocycles. The lowest BCUT2D eigenvalue weighted by atomic mass is 10.2. The molecule has 1 fully saturated rings. The Bertz CT molecular complexity index is 570. The van der Waals surface area contributed by atoms with Crippen molar-refractivity contribution in [3.05, 3.63) is 46.0 Å². The van der Waals surface area contributed by atoms with E-state index in [1.54, 1.807) is 6.26 Å². The molecule has 0 aromatic carbocycles. The molecule has 1 aliphatic rings. The average Bonchev–Trinajstić information content (AvgIpc) is 3.25. The van der Waals surface area contributed by atoms with Gasteiger partial charge in [-0.25, -0.2) is 0 Å². The second kappa shape index (κ2) is 6.91. The molecule has 1 amide bonds. The Balaban J connectivity index is 1.44. The van der Waals surface area contributed by atoms with Crippen LogP contribution in [0.5, 0.6) is 0 Å². The van der Waals surface area contributed by atoms with Crippen LogP contribution in [0.15, 0.2) is 34.9 Å². The highest BCUT2D eigenvalue weighted by atomic mass is 32.1. The minimum Gasteiger partial charge on any atom is -0.469 e. The van der Waals surface area contributed by atoms with Crippen molar-refractivity contribution in [2.24, 2.45) is 0 Å². The highest BCUT2D eigenvalue weighted by Gasteiger charge is 2.20. The zero-order valence-electron chi connectivity index (χ0n) is 11.8. The van der Waals surface area contributed by atoms with Gasteiger partial charge in [0.25, 0.3) is 5.91 Å². The maximum atomic E-state index is 12.1. The Morgan fingerprint density at radius 3 is 3.10 bits per heavy atom. The maximum Gasteiger partial charge on any atom is 0.261 e. The lowest BCUT2D eigenvalue weighted by molar-refractivity contribution is 0.0957. The largest absolute Gasteiger partial charge is 0.469 e. The second-order valence-corrected chi connectivity index (χ2v) is 6.26. The minimum atomic E-state index is 0.00342. The molecule has 0 radical (unpaired) electrons.